The van der Waals surface area contributed by atoms with Crippen LogP contribution in [0.25, 0.3) is 10.9 Å². The van der Waals surface area contributed by atoms with Gasteiger partial charge in [-0.2, -0.15) is 0 Å². The van der Waals surface area contributed by atoms with Crippen LogP contribution in [0.2, 0.25) is 0 Å². The molecule has 31 heavy (non-hydrogen) atoms. The number of benzene rings is 1. The zero-order valence-electron chi connectivity index (χ0n) is 16.8. The number of pyridine rings is 2. The van der Waals surface area contributed by atoms with E-state index in [2.05, 4.69) is 26.8 Å². The van der Waals surface area contributed by atoms with Gasteiger partial charge in [0.2, 0.25) is 0 Å². The maximum atomic E-state index is 13.2. The molecule has 154 valence electrons. The van der Waals surface area contributed by atoms with Crippen molar-refractivity contribution in [1.82, 2.24) is 19.5 Å². The molecular weight excluding hydrogens is 399 g/mol. The van der Waals surface area contributed by atoms with E-state index in [1.807, 2.05) is 7.05 Å². The number of aryl methyl sites for hydroxylation is 1. The van der Waals surface area contributed by atoms with E-state index in [0.29, 0.717) is 17.5 Å². The van der Waals surface area contributed by atoms with Crippen molar-refractivity contribution in [3.05, 3.63) is 83.1 Å². The van der Waals surface area contributed by atoms with Crippen LogP contribution in [0.1, 0.15) is 33.0 Å². The van der Waals surface area contributed by atoms with Gasteiger partial charge >= 0.3 is 5.97 Å². The third-order valence-electron chi connectivity index (χ3n) is 4.70. The average Bonchev–Trinajstić information content (AvgIpc) is 3.19. The number of nitrogens with zero attached hydrogens (tertiary/aromatic N) is 4. The second-order valence-electron chi connectivity index (χ2n) is 6.83. The van der Waals surface area contributed by atoms with Crippen LogP contribution in [0.3, 0.4) is 0 Å². The van der Waals surface area contributed by atoms with Gasteiger partial charge in [0.25, 0.3) is 0 Å². The summed E-state index contributed by atoms with van der Waals surface area (Å²) in [6, 6.07) is 7.97. The molecule has 7 nitrogen and oxygen atoms in total. The van der Waals surface area contributed by atoms with Crippen LogP contribution in [0.4, 0.5) is 4.39 Å². The van der Waals surface area contributed by atoms with Crippen molar-refractivity contribution in [3.63, 3.8) is 0 Å². The van der Waals surface area contributed by atoms with Crippen LogP contribution >= 0.6 is 0 Å². The van der Waals surface area contributed by atoms with Crippen molar-refractivity contribution in [2.75, 3.05) is 7.11 Å². The van der Waals surface area contributed by atoms with E-state index in [0.717, 1.165) is 11.1 Å². The monoisotopic (exact) mass is 416 g/mol. The lowest BCUT2D eigenvalue weighted by Crippen LogP contribution is -2.07. The van der Waals surface area contributed by atoms with Gasteiger partial charge in [-0.05, 0) is 47.6 Å². The van der Waals surface area contributed by atoms with Crippen molar-refractivity contribution >= 4 is 16.9 Å². The van der Waals surface area contributed by atoms with Gasteiger partial charge < -0.3 is 14.4 Å². The SMILES string of the molecule is COC(=O)c1nc(C#Cc2cncn2C)c2cc(Cc3ccc(F)cc3)cnc2c1O. The Morgan fingerprint density at radius 3 is 2.65 bits per heavy atom. The molecule has 0 fully saturated rings. The third-order valence-corrected chi connectivity index (χ3v) is 4.70. The molecule has 0 unspecified atom stereocenters. The van der Waals surface area contributed by atoms with Gasteiger partial charge in [-0.25, -0.2) is 19.2 Å². The minimum atomic E-state index is -0.792. The van der Waals surface area contributed by atoms with Gasteiger partial charge in [0.05, 0.1) is 19.6 Å². The van der Waals surface area contributed by atoms with Crippen molar-refractivity contribution in [3.8, 4) is 17.6 Å². The highest BCUT2D eigenvalue weighted by Crippen LogP contribution is 2.29. The smallest absolute Gasteiger partial charge is 0.360 e. The maximum absolute atomic E-state index is 13.2. The number of ether oxygens (including phenoxy) is 1. The second kappa shape index (κ2) is 8.24. The zero-order valence-corrected chi connectivity index (χ0v) is 16.8. The Morgan fingerprint density at radius 1 is 1.19 bits per heavy atom. The Morgan fingerprint density at radius 2 is 1.97 bits per heavy atom. The molecule has 0 saturated heterocycles. The molecule has 3 heterocycles. The van der Waals surface area contributed by atoms with Gasteiger partial charge in [0, 0.05) is 18.6 Å². The summed E-state index contributed by atoms with van der Waals surface area (Å²) >= 11 is 0. The van der Waals surface area contributed by atoms with E-state index in [-0.39, 0.29) is 28.5 Å². The molecule has 0 spiro atoms. The van der Waals surface area contributed by atoms with E-state index in [1.54, 1.807) is 41.5 Å². The highest BCUT2D eigenvalue weighted by Gasteiger charge is 2.20. The molecular formula is C23H17FN4O3. The van der Waals surface area contributed by atoms with Crippen LogP contribution < -0.4 is 0 Å². The number of carbonyl (C=O) groups excluding carboxylic acids is 1. The van der Waals surface area contributed by atoms with Gasteiger partial charge in [-0.15, -0.1) is 0 Å². The fourth-order valence-electron chi connectivity index (χ4n) is 3.08. The molecule has 0 bridgehead atoms. The summed E-state index contributed by atoms with van der Waals surface area (Å²) < 4.78 is 19.7. The normalized spacial score (nSPS) is 10.5. The molecule has 0 atom stereocenters. The summed E-state index contributed by atoms with van der Waals surface area (Å²) in [6.45, 7) is 0. The Labute approximate surface area is 177 Å². The van der Waals surface area contributed by atoms with Crippen LogP contribution in [0.15, 0.2) is 49.1 Å². The molecule has 0 radical (unpaired) electrons. The number of fused-ring (bicyclic) bond motifs is 1. The molecule has 3 aromatic heterocycles. The molecule has 0 amide bonds. The lowest BCUT2D eigenvalue weighted by molar-refractivity contribution is 0.0590. The van der Waals surface area contributed by atoms with E-state index in [4.69, 9.17) is 4.74 Å². The quantitative estimate of drug-likeness (QED) is 0.408. The van der Waals surface area contributed by atoms with E-state index in [9.17, 15) is 14.3 Å². The van der Waals surface area contributed by atoms with Crippen molar-refractivity contribution < 1.29 is 19.0 Å². The summed E-state index contributed by atoms with van der Waals surface area (Å²) in [7, 11) is 3.01. The highest BCUT2D eigenvalue weighted by atomic mass is 19.1. The van der Waals surface area contributed by atoms with E-state index < -0.39 is 5.97 Å². The fraction of sp³-hybridized carbons (Fsp3) is 0.130. The van der Waals surface area contributed by atoms with Crippen molar-refractivity contribution in [1.29, 1.82) is 0 Å². The largest absolute Gasteiger partial charge is 0.504 e. The first kappa shape index (κ1) is 20.0. The number of rotatable bonds is 3. The number of imidazole rings is 1. The number of methoxy groups -OCH3 is 1. The summed E-state index contributed by atoms with van der Waals surface area (Å²) in [4.78, 5) is 24.7. The van der Waals surface area contributed by atoms with Crippen molar-refractivity contribution in [2.24, 2.45) is 7.05 Å². The molecule has 1 N–H and O–H groups in total. The molecule has 1 aromatic carbocycles. The lowest BCUT2D eigenvalue weighted by Gasteiger charge is -2.09. The molecule has 4 rings (SSSR count). The number of aromatic hydroxyl groups is 1. The van der Waals surface area contributed by atoms with Crippen LogP contribution in [-0.4, -0.2) is 37.7 Å². The zero-order chi connectivity index (χ0) is 22.0. The Kier molecular flexibility index (Phi) is 5.33. The van der Waals surface area contributed by atoms with Gasteiger partial charge in [0.1, 0.15) is 22.7 Å². The van der Waals surface area contributed by atoms with Crippen molar-refractivity contribution in [2.45, 2.75) is 6.42 Å². The number of hydrogen-bond donors (Lipinski definition) is 1. The van der Waals surface area contributed by atoms with E-state index in [1.165, 1.54) is 19.2 Å². The number of carbonyl (C=O) groups is 1. The Balaban J connectivity index is 1.86. The molecule has 4 aromatic rings. The summed E-state index contributed by atoms with van der Waals surface area (Å²) in [5.41, 5.74) is 2.56. The number of aromatic nitrogens is 4. The third kappa shape index (κ3) is 4.07. The Bertz CT molecular complexity index is 1350. The minimum Gasteiger partial charge on any atom is -0.504 e. The van der Waals surface area contributed by atoms with Crippen LogP contribution in [0.5, 0.6) is 5.75 Å². The predicted octanol–water partition coefficient (Wildman–Crippen LogP) is 2.99. The molecule has 0 aliphatic heterocycles. The standard InChI is InChI=1S/C23H17FN4O3/c1-28-13-25-12-17(28)7-8-19-18-10-15(9-14-3-5-16(24)6-4-14)11-26-20(18)22(29)21(27-19)23(30)31-2/h3-6,10-13,29H,9H2,1-2H3. The summed E-state index contributed by atoms with van der Waals surface area (Å²) in [5, 5.41) is 11.0. The molecule has 8 heteroatoms. The number of esters is 1. The molecule has 0 aliphatic carbocycles. The fourth-order valence-corrected chi connectivity index (χ4v) is 3.08. The first-order valence-corrected chi connectivity index (χ1v) is 9.29. The first-order chi connectivity index (χ1) is 15.0. The van der Waals surface area contributed by atoms with Crippen LogP contribution in [-0.2, 0) is 18.2 Å². The maximum Gasteiger partial charge on any atom is 0.360 e. The van der Waals surface area contributed by atoms with Gasteiger partial charge in [-0.1, -0.05) is 12.1 Å². The van der Waals surface area contributed by atoms with E-state index >= 15 is 0 Å². The summed E-state index contributed by atoms with van der Waals surface area (Å²) in [5.74, 6) is 4.44. The predicted molar refractivity (Wildman–Crippen MR) is 111 cm³/mol. The lowest BCUT2D eigenvalue weighted by atomic mass is 10.0. The highest BCUT2D eigenvalue weighted by molar-refractivity contribution is 5.99. The second-order valence-corrected chi connectivity index (χ2v) is 6.83. The van der Waals surface area contributed by atoms with Crippen LogP contribution in [0, 0.1) is 17.7 Å². The Hall–Kier alpha value is -4.25. The summed E-state index contributed by atoms with van der Waals surface area (Å²) in [6.07, 6.45) is 5.31. The van der Waals surface area contributed by atoms with Gasteiger partial charge in [-0.3, -0.25) is 4.98 Å². The molecule has 0 saturated carbocycles. The average molecular weight is 416 g/mol. The first-order valence-electron chi connectivity index (χ1n) is 9.29. The number of halogens is 1. The van der Waals surface area contributed by atoms with Gasteiger partial charge in [0.15, 0.2) is 11.4 Å². The number of hydrogen-bond acceptors (Lipinski definition) is 6. The topological polar surface area (TPSA) is 90.1 Å². The molecule has 0 aliphatic rings. The minimum absolute atomic E-state index is 0.188.